The molecule has 1 saturated heterocycles. The first-order chi connectivity index (χ1) is 13.4. The van der Waals surface area contributed by atoms with Gasteiger partial charge in [0, 0.05) is 23.4 Å². The zero-order chi connectivity index (χ0) is 19.8. The van der Waals surface area contributed by atoms with E-state index in [9.17, 15) is 14.4 Å². The van der Waals surface area contributed by atoms with E-state index in [1.165, 1.54) is 11.3 Å². The Balaban J connectivity index is 1.53. The summed E-state index contributed by atoms with van der Waals surface area (Å²) in [6.07, 6.45) is 1.01. The molecule has 2 amide bonds. The minimum Gasteiger partial charge on any atom is -0.451 e. The number of carbonyl (C=O) groups excluding carboxylic acids is 3. The van der Waals surface area contributed by atoms with Crippen LogP contribution in [0.1, 0.15) is 28.2 Å². The van der Waals surface area contributed by atoms with E-state index in [0.29, 0.717) is 29.3 Å². The van der Waals surface area contributed by atoms with Crippen molar-refractivity contribution < 1.29 is 19.1 Å². The molecule has 0 bridgehead atoms. The van der Waals surface area contributed by atoms with Crippen LogP contribution in [0.25, 0.3) is 15.9 Å². The number of likely N-dealkylation sites (tertiary alicyclic amines) is 1. The molecule has 0 radical (unpaired) electrons. The predicted octanol–water partition coefficient (Wildman–Crippen LogP) is 3.35. The quantitative estimate of drug-likeness (QED) is 0.608. The van der Waals surface area contributed by atoms with E-state index < -0.39 is 18.5 Å². The van der Waals surface area contributed by atoms with E-state index in [2.05, 4.69) is 5.10 Å². The number of benzene rings is 1. The number of ether oxygens (including phenoxy) is 1. The van der Waals surface area contributed by atoms with Gasteiger partial charge in [-0.2, -0.15) is 5.10 Å². The summed E-state index contributed by atoms with van der Waals surface area (Å²) in [5, 5.41) is 5.98. The van der Waals surface area contributed by atoms with Gasteiger partial charge in [0.05, 0.1) is 11.4 Å². The average molecular weight is 418 g/mol. The van der Waals surface area contributed by atoms with Crippen LogP contribution in [0.5, 0.6) is 0 Å². The van der Waals surface area contributed by atoms with Crippen LogP contribution < -0.4 is 0 Å². The van der Waals surface area contributed by atoms with E-state index in [1.807, 2.05) is 19.1 Å². The summed E-state index contributed by atoms with van der Waals surface area (Å²) in [5.74, 6) is -1.30. The molecule has 0 atom stereocenters. The number of aromatic nitrogens is 2. The van der Waals surface area contributed by atoms with Crippen molar-refractivity contribution in [2.45, 2.75) is 19.8 Å². The van der Waals surface area contributed by atoms with Crippen LogP contribution >= 0.6 is 22.9 Å². The minimum atomic E-state index is -0.594. The van der Waals surface area contributed by atoms with E-state index in [4.69, 9.17) is 16.3 Å². The Morgan fingerprint density at radius 3 is 2.71 bits per heavy atom. The maximum atomic E-state index is 12.4. The van der Waals surface area contributed by atoms with Crippen molar-refractivity contribution in [1.82, 2.24) is 14.7 Å². The number of aryl methyl sites for hydroxylation is 1. The largest absolute Gasteiger partial charge is 0.451 e. The molecule has 0 unspecified atom stereocenters. The molecule has 0 saturated carbocycles. The van der Waals surface area contributed by atoms with Gasteiger partial charge in [-0.3, -0.25) is 14.5 Å². The third kappa shape index (κ3) is 3.41. The topological polar surface area (TPSA) is 81.5 Å². The summed E-state index contributed by atoms with van der Waals surface area (Å²) in [7, 11) is 0. The molecule has 3 aromatic rings. The molecule has 1 aliphatic heterocycles. The van der Waals surface area contributed by atoms with Crippen molar-refractivity contribution in [3.63, 3.8) is 0 Å². The fourth-order valence-corrected chi connectivity index (χ4v) is 4.30. The predicted molar refractivity (Wildman–Crippen MR) is 105 cm³/mol. The normalized spacial score (nSPS) is 14.1. The van der Waals surface area contributed by atoms with Crippen LogP contribution in [-0.4, -0.2) is 45.6 Å². The molecule has 1 fully saturated rings. The highest BCUT2D eigenvalue weighted by molar-refractivity contribution is 7.20. The highest BCUT2D eigenvalue weighted by Gasteiger charge is 2.27. The van der Waals surface area contributed by atoms with Crippen LogP contribution in [0.4, 0.5) is 0 Å². The molecule has 4 rings (SSSR count). The van der Waals surface area contributed by atoms with Crippen molar-refractivity contribution in [2.75, 3.05) is 13.2 Å². The average Bonchev–Trinajstić information content (AvgIpc) is 3.37. The van der Waals surface area contributed by atoms with Crippen molar-refractivity contribution >= 4 is 50.9 Å². The molecule has 28 heavy (non-hydrogen) atoms. The number of thiophene rings is 1. The lowest BCUT2D eigenvalue weighted by atomic mass is 10.3. The van der Waals surface area contributed by atoms with Gasteiger partial charge in [0.2, 0.25) is 5.91 Å². The number of carbonyl (C=O) groups is 3. The Morgan fingerprint density at radius 2 is 2.04 bits per heavy atom. The fourth-order valence-electron chi connectivity index (χ4n) is 3.09. The lowest BCUT2D eigenvalue weighted by molar-refractivity contribution is -0.143. The second-order valence-corrected chi connectivity index (χ2v) is 7.89. The molecule has 1 aliphatic rings. The van der Waals surface area contributed by atoms with Crippen LogP contribution in [0, 0.1) is 6.92 Å². The number of halogens is 1. The second-order valence-electron chi connectivity index (χ2n) is 6.42. The molecule has 0 aliphatic carbocycles. The molecule has 3 heterocycles. The molecular formula is C19H16ClN3O4S. The summed E-state index contributed by atoms with van der Waals surface area (Å²) in [5.41, 5.74) is 1.60. The van der Waals surface area contributed by atoms with E-state index >= 15 is 0 Å². The maximum absolute atomic E-state index is 12.4. The van der Waals surface area contributed by atoms with Gasteiger partial charge < -0.3 is 4.74 Å². The lowest BCUT2D eigenvalue weighted by Gasteiger charge is -2.12. The first kappa shape index (κ1) is 18.6. The minimum absolute atomic E-state index is 0.221. The van der Waals surface area contributed by atoms with Crippen molar-refractivity contribution in [1.29, 1.82) is 0 Å². The molecule has 1 aromatic carbocycles. The van der Waals surface area contributed by atoms with Crippen molar-refractivity contribution in [3.8, 4) is 5.69 Å². The molecule has 9 heteroatoms. The van der Waals surface area contributed by atoms with Gasteiger partial charge in [0.1, 0.15) is 9.71 Å². The van der Waals surface area contributed by atoms with Crippen LogP contribution in [-0.2, 0) is 14.3 Å². The Morgan fingerprint density at radius 1 is 1.29 bits per heavy atom. The third-order valence-corrected chi connectivity index (χ3v) is 5.86. The number of esters is 1. The maximum Gasteiger partial charge on any atom is 0.348 e. The fraction of sp³-hybridized carbons (Fsp3) is 0.263. The molecule has 7 nitrogen and oxygen atoms in total. The number of fused-ring (bicyclic) bond motifs is 1. The lowest BCUT2D eigenvalue weighted by Crippen LogP contribution is -2.35. The first-order valence-electron chi connectivity index (χ1n) is 8.69. The monoisotopic (exact) mass is 417 g/mol. The smallest absolute Gasteiger partial charge is 0.348 e. The summed E-state index contributed by atoms with van der Waals surface area (Å²) in [4.78, 5) is 38.3. The summed E-state index contributed by atoms with van der Waals surface area (Å²) < 4.78 is 6.88. The van der Waals surface area contributed by atoms with Crippen LogP contribution in [0.2, 0.25) is 5.02 Å². The van der Waals surface area contributed by atoms with Gasteiger partial charge in [0.15, 0.2) is 6.61 Å². The van der Waals surface area contributed by atoms with Gasteiger partial charge in [-0.05, 0) is 43.7 Å². The highest BCUT2D eigenvalue weighted by Crippen LogP contribution is 2.31. The molecule has 2 aromatic heterocycles. The zero-order valence-corrected chi connectivity index (χ0v) is 16.5. The Bertz CT molecular complexity index is 1090. The number of amides is 2. The van der Waals surface area contributed by atoms with Crippen molar-refractivity contribution in [3.05, 3.63) is 45.9 Å². The third-order valence-electron chi connectivity index (χ3n) is 4.52. The number of imide groups is 1. The standard InChI is InChI=1S/C19H16ClN3O4S/c1-11-14-9-15(19(26)27-10-17(25)22-8-2-3-16(22)24)28-18(14)23(21-11)13-6-4-12(20)5-7-13/h4-7,9H,2-3,8,10H2,1H3. The molecule has 144 valence electrons. The molecule has 0 spiro atoms. The number of hydrogen-bond donors (Lipinski definition) is 0. The van der Waals surface area contributed by atoms with E-state index in [-0.39, 0.29) is 5.91 Å². The molecular weight excluding hydrogens is 402 g/mol. The van der Waals surface area contributed by atoms with Gasteiger partial charge in [-0.25, -0.2) is 9.48 Å². The van der Waals surface area contributed by atoms with E-state index in [1.54, 1.807) is 22.9 Å². The van der Waals surface area contributed by atoms with Gasteiger partial charge in [-0.1, -0.05) is 11.6 Å². The van der Waals surface area contributed by atoms with Crippen LogP contribution in [0.3, 0.4) is 0 Å². The number of rotatable bonds is 4. The van der Waals surface area contributed by atoms with Gasteiger partial charge >= 0.3 is 5.97 Å². The first-order valence-corrected chi connectivity index (χ1v) is 9.89. The number of nitrogens with zero attached hydrogens (tertiary/aromatic N) is 3. The SMILES string of the molecule is Cc1nn(-c2ccc(Cl)cc2)c2sc(C(=O)OCC(=O)N3CCCC3=O)cc12. The Hall–Kier alpha value is -2.71. The molecule has 0 N–H and O–H groups in total. The van der Waals surface area contributed by atoms with Gasteiger partial charge in [0.25, 0.3) is 5.91 Å². The van der Waals surface area contributed by atoms with Gasteiger partial charge in [-0.15, -0.1) is 11.3 Å². The van der Waals surface area contributed by atoms with Crippen molar-refractivity contribution in [2.24, 2.45) is 0 Å². The van der Waals surface area contributed by atoms with E-state index in [0.717, 1.165) is 26.5 Å². The summed E-state index contributed by atoms with van der Waals surface area (Å²) >= 11 is 7.18. The Labute approximate surface area is 169 Å². The summed E-state index contributed by atoms with van der Waals surface area (Å²) in [6, 6.07) is 8.94. The summed E-state index contributed by atoms with van der Waals surface area (Å²) in [6.45, 7) is 1.80. The van der Waals surface area contributed by atoms with Crippen LogP contribution in [0.15, 0.2) is 30.3 Å². The second kappa shape index (κ2) is 7.37. The number of hydrogen-bond acceptors (Lipinski definition) is 6. The Kier molecular flexibility index (Phi) is 4.91. The zero-order valence-electron chi connectivity index (χ0n) is 15.0. The highest BCUT2D eigenvalue weighted by atomic mass is 35.5.